The lowest BCUT2D eigenvalue weighted by atomic mass is 10.1. The van der Waals surface area contributed by atoms with Gasteiger partial charge in [-0.25, -0.2) is 0 Å². The largest absolute Gasteiger partial charge is 0.256 e. The lowest BCUT2D eigenvalue weighted by Crippen LogP contribution is -1.82. The first-order chi connectivity index (χ1) is 6.90. The first-order valence-electron chi connectivity index (χ1n) is 4.54. The van der Waals surface area contributed by atoms with E-state index in [4.69, 9.17) is 0 Å². The van der Waals surface area contributed by atoms with Gasteiger partial charge in [-0.1, -0.05) is 36.9 Å². The second-order valence-electron chi connectivity index (χ2n) is 3.04. The molecule has 0 bridgehead atoms. The summed E-state index contributed by atoms with van der Waals surface area (Å²) in [7, 11) is 0. The summed E-state index contributed by atoms with van der Waals surface area (Å²) >= 11 is 0. The summed E-state index contributed by atoms with van der Waals surface area (Å²) in [6, 6.07) is 14.1. The van der Waals surface area contributed by atoms with Gasteiger partial charge in [0.2, 0.25) is 0 Å². The maximum Gasteiger partial charge on any atom is 0.0702 e. The monoisotopic (exact) mass is 181 g/mol. The molecule has 0 saturated heterocycles. The zero-order chi connectivity index (χ0) is 9.80. The normalized spacial score (nSPS) is 9.71. The molecule has 0 amide bonds. The minimum absolute atomic E-state index is 0.996. The molecular weight excluding hydrogens is 170 g/mol. The molecule has 1 aromatic carbocycles. The van der Waals surface area contributed by atoms with Crippen LogP contribution in [0, 0.1) is 0 Å². The third-order valence-electron chi connectivity index (χ3n) is 2.08. The molecule has 0 unspecified atom stereocenters. The second-order valence-corrected chi connectivity index (χ2v) is 3.04. The summed E-state index contributed by atoms with van der Waals surface area (Å²) in [5.41, 5.74) is 3.24. The standard InChI is InChI=1S/C13H11N/c1-2-11-6-5-7-12(10-11)13-8-3-4-9-14-13/h2-10H,1H2. The molecule has 0 aliphatic carbocycles. The highest BCUT2D eigenvalue weighted by molar-refractivity contribution is 5.63. The molecule has 1 aromatic heterocycles. The zero-order valence-corrected chi connectivity index (χ0v) is 7.85. The molecule has 0 N–H and O–H groups in total. The molecule has 1 heterocycles. The number of nitrogens with zero attached hydrogens (tertiary/aromatic N) is 1. The highest BCUT2D eigenvalue weighted by atomic mass is 14.7. The Balaban J connectivity index is 2.47. The van der Waals surface area contributed by atoms with Crippen molar-refractivity contribution in [3.05, 3.63) is 60.8 Å². The van der Waals surface area contributed by atoms with Crippen molar-refractivity contribution in [3.8, 4) is 11.3 Å². The van der Waals surface area contributed by atoms with Crippen molar-refractivity contribution in [2.45, 2.75) is 0 Å². The van der Waals surface area contributed by atoms with Crippen LogP contribution in [0.15, 0.2) is 55.2 Å². The van der Waals surface area contributed by atoms with Crippen molar-refractivity contribution in [1.82, 2.24) is 4.98 Å². The van der Waals surface area contributed by atoms with Crippen LogP contribution in [0.4, 0.5) is 0 Å². The Labute approximate surface area is 83.7 Å². The fraction of sp³-hybridized carbons (Fsp3) is 0. The molecule has 0 spiro atoms. The Bertz CT molecular complexity index is 432. The molecule has 0 aliphatic heterocycles. The van der Waals surface area contributed by atoms with Gasteiger partial charge in [0.25, 0.3) is 0 Å². The first-order valence-corrected chi connectivity index (χ1v) is 4.54. The van der Waals surface area contributed by atoms with Gasteiger partial charge in [-0.15, -0.1) is 0 Å². The minimum atomic E-state index is 0.996. The smallest absolute Gasteiger partial charge is 0.0702 e. The van der Waals surface area contributed by atoms with E-state index in [1.165, 1.54) is 0 Å². The zero-order valence-electron chi connectivity index (χ0n) is 7.85. The van der Waals surface area contributed by atoms with E-state index in [1.54, 1.807) is 6.20 Å². The molecule has 1 heteroatoms. The third kappa shape index (κ3) is 1.72. The Morgan fingerprint density at radius 1 is 1.07 bits per heavy atom. The predicted octanol–water partition coefficient (Wildman–Crippen LogP) is 3.39. The number of hydrogen-bond acceptors (Lipinski definition) is 1. The topological polar surface area (TPSA) is 12.9 Å². The van der Waals surface area contributed by atoms with Crippen LogP contribution in [-0.4, -0.2) is 4.98 Å². The van der Waals surface area contributed by atoms with Crippen LogP contribution < -0.4 is 0 Å². The van der Waals surface area contributed by atoms with Gasteiger partial charge in [-0.3, -0.25) is 4.98 Å². The number of rotatable bonds is 2. The summed E-state index contributed by atoms with van der Waals surface area (Å²) in [6.45, 7) is 3.75. The van der Waals surface area contributed by atoms with Gasteiger partial charge in [0, 0.05) is 11.8 Å². The SMILES string of the molecule is C=Cc1cccc(-c2ccccn2)c1. The van der Waals surface area contributed by atoms with Crippen LogP contribution in [0.3, 0.4) is 0 Å². The van der Waals surface area contributed by atoms with Crippen LogP contribution in [0.1, 0.15) is 5.56 Å². The molecule has 0 radical (unpaired) electrons. The Morgan fingerprint density at radius 2 is 2.00 bits per heavy atom. The van der Waals surface area contributed by atoms with Gasteiger partial charge >= 0.3 is 0 Å². The van der Waals surface area contributed by atoms with Crippen molar-refractivity contribution in [2.75, 3.05) is 0 Å². The highest BCUT2D eigenvalue weighted by Gasteiger charge is 1.96. The third-order valence-corrected chi connectivity index (χ3v) is 2.08. The predicted molar refractivity (Wildman–Crippen MR) is 59.8 cm³/mol. The number of pyridine rings is 1. The maximum atomic E-state index is 4.29. The van der Waals surface area contributed by atoms with Gasteiger partial charge in [0.15, 0.2) is 0 Å². The van der Waals surface area contributed by atoms with E-state index in [2.05, 4.69) is 23.7 Å². The van der Waals surface area contributed by atoms with E-state index in [9.17, 15) is 0 Å². The molecule has 14 heavy (non-hydrogen) atoms. The van der Waals surface area contributed by atoms with Crippen molar-refractivity contribution >= 4 is 6.08 Å². The van der Waals surface area contributed by atoms with Gasteiger partial charge in [0.1, 0.15) is 0 Å². The van der Waals surface area contributed by atoms with Gasteiger partial charge in [0.05, 0.1) is 5.69 Å². The van der Waals surface area contributed by atoms with E-state index in [0.717, 1.165) is 16.8 Å². The maximum absolute atomic E-state index is 4.29. The Hall–Kier alpha value is -1.89. The fourth-order valence-corrected chi connectivity index (χ4v) is 1.36. The molecule has 2 aromatic rings. The van der Waals surface area contributed by atoms with Crippen LogP contribution in [0.2, 0.25) is 0 Å². The van der Waals surface area contributed by atoms with Crippen molar-refractivity contribution in [1.29, 1.82) is 0 Å². The average Bonchev–Trinajstić information content (AvgIpc) is 2.30. The lowest BCUT2D eigenvalue weighted by Gasteiger charge is -2.00. The van der Waals surface area contributed by atoms with Gasteiger partial charge in [-0.05, 0) is 23.8 Å². The molecule has 0 aliphatic rings. The number of hydrogen-bond donors (Lipinski definition) is 0. The fourth-order valence-electron chi connectivity index (χ4n) is 1.36. The Morgan fingerprint density at radius 3 is 2.71 bits per heavy atom. The Kier molecular flexibility index (Phi) is 2.41. The van der Waals surface area contributed by atoms with Crippen molar-refractivity contribution in [3.63, 3.8) is 0 Å². The average molecular weight is 181 g/mol. The van der Waals surface area contributed by atoms with Crippen LogP contribution >= 0.6 is 0 Å². The molecule has 2 rings (SSSR count). The molecule has 1 nitrogen and oxygen atoms in total. The van der Waals surface area contributed by atoms with E-state index in [0.29, 0.717) is 0 Å². The van der Waals surface area contributed by atoms with Gasteiger partial charge in [-0.2, -0.15) is 0 Å². The molecule has 68 valence electrons. The molecule has 0 atom stereocenters. The van der Waals surface area contributed by atoms with Crippen molar-refractivity contribution < 1.29 is 0 Å². The number of aromatic nitrogens is 1. The van der Waals surface area contributed by atoms with E-state index >= 15 is 0 Å². The molecular formula is C13H11N. The van der Waals surface area contributed by atoms with E-state index in [-0.39, 0.29) is 0 Å². The molecule has 0 saturated carbocycles. The van der Waals surface area contributed by atoms with E-state index < -0.39 is 0 Å². The lowest BCUT2D eigenvalue weighted by molar-refractivity contribution is 1.33. The summed E-state index contributed by atoms with van der Waals surface area (Å²) in [4.78, 5) is 4.29. The summed E-state index contributed by atoms with van der Waals surface area (Å²) < 4.78 is 0. The van der Waals surface area contributed by atoms with Crippen LogP contribution in [0.5, 0.6) is 0 Å². The van der Waals surface area contributed by atoms with Crippen LogP contribution in [-0.2, 0) is 0 Å². The summed E-state index contributed by atoms with van der Waals surface area (Å²) in [5, 5.41) is 0. The van der Waals surface area contributed by atoms with E-state index in [1.807, 2.05) is 36.4 Å². The summed E-state index contributed by atoms with van der Waals surface area (Å²) in [6.07, 6.45) is 3.64. The second kappa shape index (κ2) is 3.88. The summed E-state index contributed by atoms with van der Waals surface area (Å²) in [5.74, 6) is 0. The molecule has 0 fully saturated rings. The minimum Gasteiger partial charge on any atom is -0.256 e. The van der Waals surface area contributed by atoms with Crippen LogP contribution in [0.25, 0.3) is 17.3 Å². The number of benzene rings is 1. The first kappa shape index (κ1) is 8.70. The highest BCUT2D eigenvalue weighted by Crippen LogP contribution is 2.17. The van der Waals surface area contributed by atoms with Gasteiger partial charge < -0.3 is 0 Å². The quantitative estimate of drug-likeness (QED) is 0.692. The van der Waals surface area contributed by atoms with Crippen molar-refractivity contribution in [2.24, 2.45) is 0 Å².